The molecule has 3 aromatic heterocycles. The minimum atomic E-state index is -0.942. The third-order valence-corrected chi connectivity index (χ3v) is 4.64. The molecule has 0 unspecified atom stereocenters. The summed E-state index contributed by atoms with van der Waals surface area (Å²) in [5, 5.41) is 9.66. The molecule has 0 amide bonds. The number of hydrogen-bond acceptors (Lipinski definition) is 4. The van der Waals surface area contributed by atoms with E-state index in [1.165, 1.54) is 6.07 Å². The molecule has 0 bridgehead atoms. The van der Waals surface area contributed by atoms with E-state index in [1.807, 2.05) is 20.8 Å². The number of aromatic nitrogens is 4. The monoisotopic (exact) mass is 374 g/mol. The lowest BCUT2D eigenvalue weighted by Crippen LogP contribution is -2.26. The van der Waals surface area contributed by atoms with Crippen LogP contribution in [-0.2, 0) is 11.2 Å². The summed E-state index contributed by atoms with van der Waals surface area (Å²) in [6.07, 6.45) is 3.81. The smallest absolute Gasteiger partial charge is 0.303 e. The number of fused-ring (bicyclic) bond motifs is 1. The highest BCUT2D eigenvalue weighted by Crippen LogP contribution is 2.33. The zero-order valence-corrected chi connectivity index (χ0v) is 15.3. The van der Waals surface area contributed by atoms with Crippen LogP contribution in [0, 0.1) is 23.0 Å². The van der Waals surface area contributed by atoms with Crippen molar-refractivity contribution in [2.45, 2.75) is 33.6 Å². The van der Waals surface area contributed by atoms with Crippen LogP contribution < -0.4 is 0 Å². The van der Waals surface area contributed by atoms with Gasteiger partial charge < -0.3 is 10.1 Å². The number of carboxylic acids is 1. The van der Waals surface area contributed by atoms with Crippen molar-refractivity contribution in [1.29, 1.82) is 0 Å². The number of H-pyrrole nitrogens is 1. The molecule has 27 heavy (non-hydrogen) atoms. The van der Waals surface area contributed by atoms with E-state index in [4.69, 9.17) is 0 Å². The van der Waals surface area contributed by atoms with Crippen LogP contribution in [0.25, 0.3) is 22.4 Å². The highest BCUT2D eigenvalue weighted by atomic mass is 19.1. The Balaban J connectivity index is 2.01. The van der Waals surface area contributed by atoms with Crippen LogP contribution in [0.2, 0.25) is 0 Å². The summed E-state index contributed by atoms with van der Waals surface area (Å²) in [5.41, 5.74) is 0.770. The first-order chi connectivity index (χ1) is 12.6. The maximum absolute atomic E-state index is 14.3. The Morgan fingerprint density at radius 1 is 1.26 bits per heavy atom. The van der Waals surface area contributed by atoms with Gasteiger partial charge in [0.1, 0.15) is 11.5 Å². The van der Waals surface area contributed by atoms with Crippen molar-refractivity contribution >= 4 is 17.0 Å². The quantitative estimate of drug-likeness (QED) is 0.705. The highest BCUT2D eigenvalue weighted by molar-refractivity contribution is 5.91. The first-order valence-electron chi connectivity index (χ1n) is 8.51. The summed E-state index contributed by atoms with van der Waals surface area (Å²) >= 11 is 0. The summed E-state index contributed by atoms with van der Waals surface area (Å²) in [4.78, 5) is 26.4. The Bertz CT molecular complexity index is 995. The fourth-order valence-corrected chi connectivity index (χ4v) is 2.97. The number of hydrogen-bond donors (Lipinski definition) is 2. The minimum Gasteiger partial charge on any atom is -0.481 e. The number of carbonyl (C=O) groups is 1. The van der Waals surface area contributed by atoms with Crippen LogP contribution in [0.15, 0.2) is 24.7 Å². The van der Waals surface area contributed by atoms with Crippen LogP contribution in [-0.4, -0.2) is 31.0 Å². The average Bonchev–Trinajstić information content (AvgIpc) is 2.98. The number of pyridine rings is 1. The van der Waals surface area contributed by atoms with E-state index in [2.05, 4.69) is 19.9 Å². The van der Waals surface area contributed by atoms with E-state index in [0.717, 1.165) is 12.4 Å². The first-order valence-corrected chi connectivity index (χ1v) is 8.51. The van der Waals surface area contributed by atoms with Gasteiger partial charge >= 0.3 is 5.97 Å². The molecule has 1 atom stereocenters. The van der Waals surface area contributed by atoms with Gasteiger partial charge in [-0.15, -0.1) is 0 Å². The van der Waals surface area contributed by atoms with Gasteiger partial charge in [0, 0.05) is 23.6 Å². The van der Waals surface area contributed by atoms with Crippen molar-refractivity contribution in [3.63, 3.8) is 0 Å². The lowest BCUT2D eigenvalue weighted by Gasteiger charge is -2.29. The number of aliphatic carboxylic acids is 1. The molecule has 8 heteroatoms. The van der Waals surface area contributed by atoms with Crippen molar-refractivity contribution in [1.82, 2.24) is 19.9 Å². The van der Waals surface area contributed by atoms with Crippen LogP contribution in [0.1, 0.15) is 32.9 Å². The second-order valence-electron chi connectivity index (χ2n) is 7.61. The van der Waals surface area contributed by atoms with Crippen molar-refractivity contribution in [3.05, 3.63) is 42.0 Å². The van der Waals surface area contributed by atoms with Crippen molar-refractivity contribution in [2.24, 2.45) is 11.3 Å². The summed E-state index contributed by atoms with van der Waals surface area (Å²) in [6, 6.07) is 1.31. The van der Waals surface area contributed by atoms with Crippen LogP contribution in [0.4, 0.5) is 8.78 Å². The maximum atomic E-state index is 14.3. The van der Waals surface area contributed by atoms with Crippen LogP contribution >= 0.6 is 0 Å². The van der Waals surface area contributed by atoms with Gasteiger partial charge in [0.15, 0.2) is 11.6 Å². The fourth-order valence-electron chi connectivity index (χ4n) is 2.97. The van der Waals surface area contributed by atoms with Gasteiger partial charge in [0.05, 0.1) is 18.1 Å². The number of nitrogens with zero attached hydrogens (tertiary/aromatic N) is 3. The molecular weight excluding hydrogens is 354 g/mol. The van der Waals surface area contributed by atoms with Crippen molar-refractivity contribution < 1.29 is 18.7 Å². The number of nitrogens with one attached hydrogen (secondary N) is 1. The molecule has 0 radical (unpaired) electrons. The number of aromatic amines is 1. The lowest BCUT2D eigenvalue weighted by atomic mass is 9.76. The van der Waals surface area contributed by atoms with Crippen molar-refractivity contribution in [3.8, 4) is 11.4 Å². The Morgan fingerprint density at radius 2 is 2.00 bits per heavy atom. The van der Waals surface area contributed by atoms with E-state index in [9.17, 15) is 18.7 Å². The normalized spacial score (nSPS) is 13.1. The number of rotatable bonds is 5. The molecule has 3 aromatic rings. The van der Waals surface area contributed by atoms with Gasteiger partial charge in [0.2, 0.25) is 0 Å². The standard InChI is InChI=1S/C19H20F2N4O2/c1-19(2,3)10(5-16(26)27)4-15-14(21)9-24-18(25-15)13-8-23-17-12(13)6-11(20)7-22-17/h6-10H,4-5H2,1-3H3,(H,22,23)(H,26,27)/t10-/m0/s1. The van der Waals surface area contributed by atoms with Gasteiger partial charge in [-0.2, -0.15) is 0 Å². The SMILES string of the molecule is CC(C)(C)[C@H](CC(=O)O)Cc1nc(-c2c[nH]c3ncc(F)cc23)ncc1F. The van der Waals surface area contributed by atoms with Gasteiger partial charge in [0.25, 0.3) is 0 Å². The molecule has 0 aliphatic carbocycles. The van der Waals surface area contributed by atoms with Gasteiger partial charge in [-0.1, -0.05) is 20.8 Å². The van der Waals surface area contributed by atoms with Gasteiger partial charge in [-0.25, -0.2) is 23.7 Å². The molecule has 0 saturated carbocycles. The number of halogens is 2. The predicted octanol–water partition coefficient (Wildman–Crippen LogP) is 3.98. The molecular formula is C19H20F2N4O2. The summed E-state index contributed by atoms with van der Waals surface area (Å²) in [5.74, 6) is -2.12. The lowest BCUT2D eigenvalue weighted by molar-refractivity contribution is -0.139. The summed E-state index contributed by atoms with van der Waals surface area (Å²) in [6.45, 7) is 5.73. The third kappa shape index (κ3) is 4.10. The average molecular weight is 374 g/mol. The molecule has 0 aromatic carbocycles. The molecule has 0 aliphatic heterocycles. The topological polar surface area (TPSA) is 91.8 Å². The van der Waals surface area contributed by atoms with E-state index < -0.39 is 17.6 Å². The summed E-state index contributed by atoms with van der Waals surface area (Å²) in [7, 11) is 0. The Hall–Kier alpha value is -2.90. The fraction of sp³-hybridized carbons (Fsp3) is 0.368. The third-order valence-electron chi connectivity index (χ3n) is 4.64. The van der Waals surface area contributed by atoms with Crippen LogP contribution in [0.5, 0.6) is 0 Å². The zero-order valence-electron chi connectivity index (χ0n) is 15.3. The first kappa shape index (κ1) is 18.9. The molecule has 3 heterocycles. The molecule has 0 aliphatic rings. The highest BCUT2D eigenvalue weighted by Gasteiger charge is 2.29. The van der Waals surface area contributed by atoms with Gasteiger partial charge in [-0.3, -0.25) is 4.79 Å². The van der Waals surface area contributed by atoms with E-state index in [-0.39, 0.29) is 35.7 Å². The van der Waals surface area contributed by atoms with Crippen molar-refractivity contribution in [2.75, 3.05) is 0 Å². The molecule has 0 spiro atoms. The second-order valence-corrected chi connectivity index (χ2v) is 7.61. The Labute approximate surface area is 154 Å². The second kappa shape index (κ2) is 7.02. The van der Waals surface area contributed by atoms with E-state index in [1.54, 1.807) is 6.20 Å². The maximum Gasteiger partial charge on any atom is 0.303 e. The van der Waals surface area contributed by atoms with Gasteiger partial charge in [-0.05, 0) is 23.8 Å². The molecule has 3 rings (SSSR count). The van der Waals surface area contributed by atoms with E-state index in [0.29, 0.717) is 16.6 Å². The number of carboxylic acid groups (broad SMARTS) is 1. The molecule has 0 fully saturated rings. The van der Waals surface area contributed by atoms with Crippen LogP contribution in [0.3, 0.4) is 0 Å². The molecule has 142 valence electrons. The molecule has 2 N–H and O–H groups in total. The predicted molar refractivity (Wildman–Crippen MR) is 95.9 cm³/mol. The zero-order chi connectivity index (χ0) is 19.8. The Morgan fingerprint density at radius 3 is 2.67 bits per heavy atom. The Kier molecular flexibility index (Phi) is 4.91. The summed E-state index contributed by atoms with van der Waals surface area (Å²) < 4.78 is 27.9. The molecule has 0 saturated heterocycles. The largest absolute Gasteiger partial charge is 0.481 e. The minimum absolute atomic E-state index is 0.0928. The molecule has 6 nitrogen and oxygen atoms in total. The van der Waals surface area contributed by atoms with E-state index >= 15 is 0 Å².